The second-order valence-corrected chi connectivity index (χ2v) is 5.80. The molecular formula is C15H24Cl2N2O. The van der Waals surface area contributed by atoms with Gasteiger partial charge in [-0.3, -0.25) is 4.90 Å². The van der Waals surface area contributed by atoms with Gasteiger partial charge in [-0.25, -0.2) is 0 Å². The van der Waals surface area contributed by atoms with Crippen LogP contribution in [-0.4, -0.2) is 37.2 Å². The number of rotatable bonds is 5. The zero-order chi connectivity index (χ0) is 13.7. The van der Waals surface area contributed by atoms with Gasteiger partial charge in [0.15, 0.2) is 0 Å². The Hall–Kier alpha value is -0.480. The Balaban J connectivity index is 0.00000200. The van der Waals surface area contributed by atoms with E-state index in [4.69, 9.17) is 22.1 Å². The highest BCUT2D eigenvalue weighted by molar-refractivity contribution is 6.30. The molecule has 5 heteroatoms. The normalized spacial score (nSPS) is 21.1. The summed E-state index contributed by atoms with van der Waals surface area (Å²) >= 11 is 5.92. The van der Waals surface area contributed by atoms with Crippen LogP contribution < -0.4 is 10.5 Å². The maximum Gasteiger partial charge on any atom is 0.120 e. The van der Waals surface area contributed by atoms with Gasteiger partial charge in [0.1, 0.15) is 12.4 Å². The summed E-state index contributed by atoms with van der Waals surface area (Å²) in [5, 5.41) is 0.715. The second kappa shape index (κ2) is 8.73. The molecule has 1 aliphatic heterocycles. The molecule has 1 aromatic carbocycles. The van der Waals surface area contributed by atoms with Crippen LogP contribution in [0.4, 0.5) is 0 Å². The van der Waals surface area contributed by atoms with Gasteiger partial charge in [-0.05, 0) is 50.4 Å². The van der Waals surface area contributed by atoms with Gasteiger partial charge < -0.3 is 10.5 Å². The Kier molecular flexibility index (Phi) is 7.67. The first-order valence-electron chi connectivity index (χ1n) is 7.01. The molecule has 2 N–H and O–H groups in total. The van der Waals surface area contributed by atoms with Gasteiger partial charge in [0.2, 0.25) is 0 Å². The molecule has 1 heterocycles. The number of hydrogen-bond donors (Lipinski definition) is 1. The fraction of sp³-hybridized carbons (Fsp3) is 0.600. The van der Waals surface area contributed by atoms with Crippen molar-refractivity contribution in [1.82, 2.24) is 4.90 Å². The summed E-state index contributed by atoms with van der Waals surface area (Å²) in [4.78, 5) is 2.45. The lowest BCUT2D eigenvalue weighted by Crippen LogP contribution is -2.43. The van der Waals surface area contributed by atoms with Gasteiger partial charge in [0, 0.05) is 24.2 Å². The molecule has 0 radical (unpaired) electrons. The van der Waals surface area contributed by atoms with Gasteiger partial charge in [0.25, 0.3) is 0 Å². The molecule has 0 aromatic heterocycles. The highest BCUT2D eigenvalue weighted by Gasteiger charge is 2.22. The summed E-state index contributed by atoms with van der Waals surface area (Å²) < 4.78 is 5.73. The minimum atomic E-state index is 0. The van der Waals surface area contributed by atoms with Crippen molar-refractivity contribution in [3.63, 3.8) is 0 Å². The molecule has 1 aliphatic rings. The highest BCUT2D eigenvalue weighted by atomic mass is 35.5. The predicted octanol–water partition coefficient (Wildman–Crippen LogP) is 3.20. The summed E-state index contributed by atoms with van der Waals surface area (Å²) in [7, 11) is 0. The SMILES string of the molecule is CC(N)C1CCCN(CCOc2cccc(Cl)c2)C1.Cl. The molecule has 1 aromatic rings. The Morgan fingerprint density at radius 1 is 1.50 bits per heavy atom. The first-order chi connectivity index (χ1) is 9.15. The van der Waals surface area contributed by atoms with E-state index in [0.717, 1.165) is 25.4 Å². The van der Waals surface area contributed by atoms with Crippen LogP contribution in [0.25, 0.3) is 0 Å². The number of benzene rings is 1. The lowest BCUT2D eigenvalue weighted by molar-refractivity contribution is 0.137. The third kappa shape index (κ3) is 5.49. The van der Waals surface area contributed by atoms with Crippen LogP contribution in [-0.2, 0) is 0 Å². The van der Waals surface area contributed by atoms with E-state index in [-0.39, 0.29) is 18.4 Å². The second-order valence-electron chi connectivity index (χ2n) is 5.37. The lowest BCUT2D eigenvalue weighted by atomic mass is 9.92. The van der Waals surface area contributed by atoms with Crippen molar-refractivity contribution < 1.29 is 4.74 Å². The van der Waals surface area contributed by atoms with E-state index >= 15 is 0 Å². The first-order valence-corrected chi connectivity index (χ1v) is 7.39. The van der Waals surface area contributed by atoms with E-state index < -0.39 is 0 Å². The summed E-state index contributed by atoms with van der Waals surface area (Å²) in [6, 6.07) is 7.84. The number of halogens is 2. The smallest absolute Gasteiger partial charge is 0.120 e. The number of hydrogen-bond acceptors (Lipinski definition) is 3. The monoisotopic (exact) mass is 318 g/mol. The Labute approximate surface area is 132 Å². The van der Waals surface area contributed by atoms with E-state index in [2.05, 4.69) is 11.8 Å². The third-order valence-electron chi connectivity index (χ3n) is 3.76. The van der Waals surface area contributed by atoms with Crippen LogP contribution in [0.1, 0.15) is 19.8 Å². The van der Waals surface area contributed by atoms with Crippen molar-refractivity contribution in [3.05, 3.63) is 29.3 Å². The molecule has 20 heavy (non-hydrogen) atoms. The van der Waals surface area contributed by atoms with E-state index in [1.54, 1.807) is 0 Å². The molecule has 1 saturated heterocycles. The van der Waals surface area contributed by atoms with Crippen molar-refractivity contribution in [1.29, 1.82) is 0 Å². The molecule has 0 spiro atoms. The van der Waals surface area contributed by atoms with Gasteiger partial charge in [0.05, 0.1) is 0 Å². The number of piperidine rings is 1. The van der Waals surface area contributed by atoms with Gasteiger partial charge in [-0.1, -0.05) is 17.7 Å². The van der Waals surface area contributed by atoms with Crippen molar-refractivity contribution in [2.24, 2.45) is 11.7 Å². The molecule has 0 amide bonds. The Morgan fingerprint density at radius 2 is 2.30 bits per heavy atom. The topological polar surface area (TPSA) is 38.5 Å². The number of nitrogens with two attached hydrogens (primary N) is 1. The molecule has 0 aliphatic carbocycles. The molecule has 0 saturated carbocycles. The van der Waals surface area contributed by atoms with Crippen molar-refractivity contribution >= 4 is 24.0 Å². The minimum Gasteiger partial charge on any atom is -0.492 e. The standard InChI is InChI=1S/C15H23ClN2O.ClH/c1-12(17)13-4-3-7-18(11-13)8-9-19-15-6-2-5-14(16)10-15;/h2,5-6,10,12-13H,3-4,7-9,11,17H2,1H3;1H. The quantitative estimate of drug-likeness (QED) is 0.906. The Bertz CT molecular complexity index is 401. The minimum absolute atomic E-state index is 0. The molecule has 1 fully saturated rings. The zero-order valence-corrected chi connectivity index (χ0v) is 13.5. The van der Waals surface area contributed by atoms with Crippen molar-refractivity contribution in [2.45, 2.75) is 25.8 Å². The van der Waals surface area contributed by atoms with Crippen LogP contribution in [0, 0.1) is 5.92 Å². The van der Waals surface area contributed by atoms with Crippen LogP contribution >= 0.6 is 24.0 Å². The number of ether oxygens (including phenoxy) is 1. The lowest BCUT2D eigenvalue weighted by Gasteiger charge is -2.34. The van der Waals surface area contributed by atoms with Crippen LogP contribution in [0.2, 0.25) is 5.02 Å². The molecule has 2 rings (SSSR count). The highest BCUT2D eigenvalue weighted by Crippen LogP contribution is 2.19. The van der Waals surface area contributed by atoms with Gasteiger partial charge >= 0.3 is 0 Å². The summed E-state index contributed by atoms with van der Waals surface area (Å²) in [5.74, 6) is 1.47. The van der Waals surface area contributed by atoms with Crippen molar-refractivity contribution in [2.75, 3.05) is 26.2 Å². The zero-order valence-electron chi connectivity index (χ0n) is 11.9. The summed E-state index contributed by atoms with van der Waals surface area (Å²) in [6.07, 6.45) is 2.49. The maximum atomic E-state index is 5.99. The molecule has 114 valence electrons. The summed E-state index contributed by atoms with van der Waals surface area (Å²) in [5.41, 5.74) is 5.99. The van der Waals surface area contributed by atoms with E-state index in [1.165, 1.54) is 12.8 Å². The van der Waals surface area contributed by atoms with E-state index in [9.17, 15) is 0 Å². The van der Waals surface area contributed by atoms with Crippen LogP contribution in [0.15, 0.2) is 24.3 Å². The number of nitrogens with zero attached hydrogens (tertiary/aromatic N) is 1. The number of likely N-dealkylation sites (tertiary alicyclic amines) is 1. The molecular weight excluding hydrogens is 295 g/mol. The summed E-state index contributed by atoms with van der Waals surface area (Å²) in [6.45, 7) is 6.01. The Morgan fingerprint density at radius 3 is 3.00 bits per heavy atom. The van der Waals surface area contributed by atoms with Crippen LogP contribution in [0.3, 0.4) is 0 Å². The average molecular weight is 319 g/mol. The first kappa shape index (κ1) is 17.6. The van der Waals surface area contributed by atoms with Gasteiger partial charge in [-0.15, -0.1) is 12.4 Å². The largest absolute Gasteiger partial charge is 0.492 e. The fourth-order valence-corrected chi connectivity index (χ4v) is 2.75. The molecule has 0 bridgehead atoms. The van der Waals surface area contributed by atoms with Gasteiger partial charge in [-0.2, -0.15) is 0 Å². The third-order valence-corrected chi connectivity index (χ3v) is 3.99. The maximum absolute atomic E-state index is 5.99. The average Bonchev–Trinajstić information content (AvgIpc) is 2.39. The van der Waals surface area contributed by atoms with Crippen molar-refractivity contribution in [3.8, 4) is 5.75 Å². The van der Waals surface area contributed by atoms with E-state index in [0.29, 0.717) is 17.5 Å². The predicted molar refractivity (Wildman–Crippen MR) is 87.0 cm³/mol. The molecule has 2 unspecified atom stereocenters. The molecule has 3 nitrogen and oxygen atoms in total. The van der Waals surface area contributed by atoms with Crippen LogP contribution in [0.5, 0.6) is 5.75 Å². The van der Waals surface area contributed by atoms with E-state index in [1.807, 2.05) is 24.3 Å². The molecule has 2 atom stereocenters. The fourth-order valence-electron chi connectivity index (χ4n) is 2.57.